The Morgan fingerprint density at radius 1 is 1.35 bits per heavy atom. The van der Waals surface area contributed by atoms with Gasteiger partial charge in [0.15, 0.2) is 11.7 Å². The Morgan fingerprint density at radius 2 is 2.12 bits per heavy atom. The first-order chi connectivity index (χ1) is 12.1. The summed E-state index contributed by atoms with van der Waals surface area (Å²) in [5.41, 5.74) is 5.20. The van der Waals surface area contributed by atoms with E-state index in [0.717, 1.165) is 31.4 Å². The summed E-state index contributed by atoms with van der Waals surface area (Å²) in [4.78, 5) is 17.9. The Balaban J connectivity index is 0.00000243. The van der Waals surface area contributed by atoms with Crippen molar-refractivity contribution in [2.24, 2.45) is 16.6 Å². The van der Waals surface area contributed by atoms with E-state index in [1.807, 2.05) is 0 Å². The highest BCUT2D eigenvalue weighted by Gasteiger charge is 2.26. The van der Waals surface area contributed by atoms with Gasteiger partial charge in [0.2, 0.25) is 0 Å². The van der Waals surface area contributed by atoms with Crippen LogP contribution in [0.4, 0.5) is 0 Å². The second-order valence-electron chi connectivity index (χ2n) is 7.10. The third-order valence-corrected chi connectivity index (χ3v) is 5.16. The summed E-state index contributed by atoms with van der Waals surface area (Å²) in [5, 5.41) is 6.71. The molecule has 4 N–H and O–H groups in total. The zero-order valence-corrected chi connectivity index (χ0v) is 17.7. The maximum absolute atomic E-state index is 11.1. The number of halogens is 1. The van der Waals surface area contributed by atoms with Crippen molar-refractivity contribution in [2.75, 3.05) is 26.7 Å². The lowest BCUT2D eigenvalue weighted by atomic mass is 10.1. The van der Waals surface area contributed by atoms with Gasteiger partial charge in [-0.15, -0.1) is 24.0 Å². The van der Waals surface area contributed by atoms with Gasteiger partial charge in [0.05, 0.1) is 6.54 Å². The molecular weight excluding hydrogens is 445 g/mol. The van der Waals surface area contributed by atoms with E-state index in [1.165, 1.54) is 32.2 Å². The lowest BCUT2D eigenvalue weighted by Crippen LogP contribution is -2.44. The van der Waals surface area contributed by atoms with Gasteiger partial charge in [-0.3, -0.25) is 9.79 Å². The monoisotopic (exact) mass is 475 g/mol. The van der Waals surface area contributed by atoms with Gasteiger partial charge in [-0.1, -0.05) is 12.8 Å². The topological polar surface area (TPSA) is 95.9 Å². The molecule has 1 saturated carbocycles. The number of hydrogen-bond acceptors (Lipinski definition) is 4. The molecule has 2 heterocycles. The molecule has 2 aliphatic rings. The maximum Gasteiger partial charge on any atom is 0.284 e. The molecule has 1 aromatic rings. The highest BCUT2D eigenvalue weighted by atomic mass is 127. The second-order valence-corrected chi connectivity index (χ2v) is 7.10. The predicted octanol–water partition coefficient (Wildman–Crippen LogP) is 1.93. The van der Waals surface area contributed by atoms with Crippen molar-refractivity contribution in [3.8, 4) is 0 Å². The minimum absolute atomic E-state index is 0. The quantitative estimate of drug-likeness (QED) is 0.332. The van der Waals surface area contributed by atoms with Gasteiger partial charge in [0.1, 0.15) is 5.76 Å². The van der Waals surface area contributed by atoms with Gasteiger partial charge >= 0.3 is 0 Å². The van der Waals surface area contributed by atoms with E-state index in [0.29, 0.717) is 18.3 Å². The Hall–Kier alpha value is -1.29. The van der Waals surface area contributed by atoms with Crippen LogP contribution in [0.3, 0.4) is 0 Å². The van der Waals surface area contributed by atoms with Crippen LogP contribution in [0.25, 0.3) is 0 Å². The number of nitrogens with two attached hydrogens (primary N) is 1. The number of furan rings is 1. The summed E-state index contributed by atoms with van der Waals surface area (Å²) in [7, 11) is 1.76. The van der Waals surface area contributed by atoms with Gasteiger partial charge in [-0.05, 0) is 37.3 Å². The number of likely N-dealkylation sites (tertiary alicyclic amines) is 1. The fourth-order valence-corrected chi connectivity index (χ4v) is 3.84. The Kier molecular flexibility index (Phi) is 8.20. The molecule has 0 radical (unpaired) electrons. The Labute approximate surface area is 172 Å². The van der Waals surface area contributed by atoms with E-state index in [-0.39, 0.29) is 29.7 Å². The van der Waals surface area contributed by atoms with Crippen LogP contribution in [0.15, 0.2) is 21.5 Å². The van der Waals surface area contributed by atoms with Crippen LogP contribution in [-0.2, 0) is 6.54 Å². The number of guanidine groups is 1. The zero-order chi connectivity index (χ0) is 17.6. The Morgan fingerprint density at radius 3 is 2.77 bits per heavy atom. The summed E-state index contributed by atoms with van der Waals surface area (Å²) in [5.74, 6) is 1.94. The van der Waals surface area contributed by atoms with E-state index in [2.05, 4.69) is 20.5 Å². The predicted molar refractivity (Wildman–Crippen MR) is 113 cm³/mol. The molecule has 0 aromatic carbocycles. The van der Waals surface area contributed by atoms with Gasteiger partial charge in [-0.2, -0.15) is 0 Å². The fourth-order valence-electron chi connectivity index (χ4n) is 3.84. The summed E-state index contributed by atoms with van der Waals surface area (Å²) in [6.45, 7) is 3.94. The third kappa shape index (κ3) is 5.87. The van der Waals surface area contributed by atoms with Gasteiger partial charge in [0.25, 0.3) is 5.91 Å². The van der Waals surface area contributed by atoms with E-state index in [4.69, 9.17) is 10.2 Å². The molecule has 0 spiro atoms. The minimum atomic E-state index is -0.554. The number of hydrogen-bond donors (Lipinski definition) is 3. The van der Waals surface area contributed by atoms with Crippen LogP contribution in [0, 0.1) is 5.92 Å². The fraction of sp³-hybridized carbons (Fsp3) is 0.667. The number of amides is 1. The number of carbonyl (C=O) groups is 1. The van der Waals surface area contributed by atoms with E-state index in [1.54, 1.807) is 19.2 Å². The molecule has 1 amide bonds. The number of nitrogens with one attached hydrogen (secondary N) is 2. The van der Waals surface area contributed by atoms with Crippen LogP contribution >= 0.6 is 24.0 Å². The van der Waals surface area contributed by atoms with Crippen LogP contribution in [0.5, 0.6) is 0 Å². The van der Waals surface area contributed by atoms with Crippen molar-refractivity contribution in [3.05, 3.63) is 23.7 Å². The highest BCUT2D eigenvalue weighted by Crippen LogP contribution is 2.26. The number of carbonyl (C=O) groups excluding carboxylic acids is 1. The average molecular weight is 475 g/mol. The maximum atomic E-state index is 11.1. The molecule has 1 saturated heterocycles. The van der Waals surface area contributed by atoms with Crippen LogP contribution in [0.2, 0.25) is 0 Å². The van der Waals surface area contributed by atoms with Crippen molar-refractivity contribution in [1.82, 2.24) is 15.5 Å². The smallest absolute Gasteiger partial charge is 0.284 e. The lowest BCUT2D eigenvalue weighted by Gasteiger charge is -2.21. The molecule has 1 unspecified atom stereocenters. The van der Waals surface area contributed by atoms with Crippen LogP contribution < -0.4 is 16.4 Å². The average Bonchev–Trinajstić information content (AvgIpc) is 3.34. The summed E-state index contributed by atoms with van der Waals surface area (Å²) in [6, 6.07) is 3.76. The molecule has 1 aromatic heterocycles. The second kappa shape index (κ2) is 10.1. The van der Waals surface area contributed by atoms with E-state index >= 15 is 0 Å². The van der Waals surface area contributed by atoms with Crippen LogP contribution in [-0.4, -0.2) is 49.5 Å². The van der Waals surface area contributed by atoms with Crippen LogP contribution in [0.1, 0.15) is 48.4 Å². The SMILES string of the molecule is CN=C(NCc1ccc(C(N)=O)o1)NC1CCN(CC2CCCC2)C1.I. The molecule has 0 bridgehead atoms. The minimum Gasteiger partial charge on any atom is -0.454 e. The molecule has 7 nitrogen and oxygen atoms in total. The molecule has 1 aliphatic heterocycles. The molecule has 26 heavy (non-hydrogen) atoms. The molecule has 8 heteroatoms. The van der Waals surface area contributed by atoms with Gasteiger partial charge in [-0.25, -0.2) is 0 Å². The van der Waals surface area contributed by atoms with Crippen molar-refractivity contribution >= 4 is 35.8 Å². The molecule has 1 aliphatic carbocycles. The van der Waals surface area contributed by atoms with Crippen molar-refractivity contribution in [2.45, 2.75) is 44.7 Å². The first-order valence-electron chi connectivity index (χ1n) is 9.22. The first kappa shape index (κ1) is 21.0. The van der Waals surface area contributed by atoms with Gasteiger partial charge < -0.3 is 25.7 Å². The molecule has 1 atom stereocenters. The normalized spacial score (nSPS) is 21.6. The largest absolute Gasteiger partial charge is 0.454 e. The lowest BCUT2D eigenvalue weighted by molar-refractivity contribution is 0.0972. The zero-order valence-electron chi connectivity index (χ0n) is 15.4. The molecule has 146 valence electrons. The third-order valence-electron chi connectivity index (χ3n) is 5.16. The number of nitrogens with zero attached hydrogens (tertiary/aromatic N) is 2. The molecule has 3 rings (SSSR count). The Bertz CT molecular complexity index is 612. The number of aliphatic imine (C=N–C) groups is 1. The number of rotatable bonds is 6. The highest BCUT2D eigenvalue weighted by molar-refractivity contribution is 14.0. The van der Waals surface area contributed by atoms with Gasteiger partial charge in [0, 0.05) is 32.7 Å². The standard InChI is InChI=1S/C18H29N5O2.HI/c1-20-18(21-10-15-6-7-16(25-15)17(19)24)22-14-8-9-23(12-14)11-13-4-2-3-5-13;/h6-7,13-14H,2-5,8-12H2,1H3,(H2,19,24)(H2,20,21,22);1H. The molecule has 2 fully saturated rings. The van der Waals surface area contributed by atoms with E-state index < -0.39 is 5.91 Å². The van der Waals surface area contributed by atoms with Crippen molar-refractivity contribution in [3.63, 3.8) is 0 Å². The summed E-state index contributed by atoms with van der Waals surface area (Å²) >= 11 is 0. The van der Waals surface area contributed by atoms with E-state index in [9.17, 15) is 4.79 Å². The first-order valence-corrected chi connectivity index (χ1v) is 9.22. The van der Waals surface area contributed by atoms with Crippen molar-refractivity contribution in [1.29, 1.82) is 0 Å². The summed E-state index contributed by atoms with van der Waals surface area (Å²) in [6.07, 6.45) is 6.74. The molecular formula is C18H30IN5O2. The number of primary amides is 1. The van der Waals surface area contributed by atoms with Crippen molar-refractivity contribution < 1.29 is 9.21 Å². The summed E-state index contributed by atoms with van der Waals surface area (Å²) < 4.78 is 5.37.